The predicted octanol–water partition coefficient (Wildman–Crippen LogP) is 3.27. The molecule has 106 valence electrons. The van der Waals surface area contributed by atoms with Crippen molar-refractivity contribution in [2.75, 3.05) is 7.11 Å². The number of hydrogen-bond acceptors (Lipinski definition) is 3. The highest BCUT2D eigenvalue weighted by Crippen LogP contribution is 2.22. The number of hydrogen-bond donors (Lipinski definition) is 1. The molecule has 1 N–H and O–H groups in total. The van der Waals surface area contributed by atoms with Gasteiger partial charge >= 0.3 is 0 Å². The van der Waals surface area contributed by atoms with Gasteiger partial charge in [-0.05, 0) is 50.8 Å². The molecule has 0 spiro atoms. The van der Waals surface area contributed by atoms with Crippen molar-refractivity contribution in [2.24, 2.45) is 0 Å². The zero-order valence-corrected chi connectivity index (χ0v) is 12.6. The average molecular weight is 262 g/mol. The van der Waals surface area contributed by atoms with Gasteiger partial charge in [0.05, 0.1) is 7.11 Å². The number of methoxy groups -OCH3 is 1. The van der Waals surface area contributed by atoms with Crippen LogP contribution in [-0.2, 0) is 6.54 Å². The van der Waals surface area contributed by atoms with Gasteiger partial charge in [0.1, 0.15) is 5.75 Å². The number of aryl methyl sites for hydroxylation is 1. The summed E-state index contributed by atoms with van der Waals surface area (Å²) in [6, 6.07) is 7.64. The van der Waals surface area contributed by atoms with Crippen LogP contribution >= 0.6 is 0 Å². The number of benzene rings is 1. The Hall–Kier alpha value is -1.06. The number of rotatable bonds is 4. The van der Waals surface area contributed by atoms with Gasteiger partial charge in [0.2, 0.25) is 0 Å². The largest absolute Gasteiger partial charge is 0.496 e. The van der Waals surface area contributed by atoms with Crippen molar-refractivity contribution in [3.63, 3.8) is 0 Å². The molecule has 0 aromatic heterocycles. The standard InChI is InChI=1S/C16H26N2O/c1-12-10-15(8-9-16(12)19-4)11-17-18-13(2)6-5-7-14(18)3/h8-10,13-14,17H,5-7,11H2,1-4H3. The highest BCUT2D eigenvalue weighted by molar-refractivity contribution is 5.36. The topological polar surface area (TPSA) is 24.5 Å². The second-order valence-electron chi connectivity index (χ2n) is 5.68. The van der Waals surface area contributed by atoms with Gasteiger partial charge in [-0.3, -0.25) is 5.43 Å². The van der Waals surface area contributed by atoms with Crippen molar-refractivity contribution in [3.05, 3.63) is 29.3 Å². The van der Waals surface area contributed by atoms with Crippen LogP contribution in [-0.4, -0.2) is 24.2 Å². The van der Waals surface area contributed by atoms with Crippen molar-refractivity contribution in [1.29, 1.82) is 0 Å². The molecular weight excluding hydrogens is 236 g/mol. The third-order valence-electron chi connectivity index (χ3n) is 4.12. The molecule has 3 heteroatoms. The molecule has 0 aliphatic carbocycles. The molecule has 0 bridgehead atoms. The van der Waals surface area contributed by atoms with Crippen molar-refractivity contribution < 1.29 is 4.74 Å². The van der Waals surface area contributed by atoms with Gasteiger partial charge in [0.15, 0.2) is 0 Å². The average Bonchev–Trinajstić information content (AvgIpc) is 2.38. The van der Waals surface area contributed by atoms with E-state index in [2.05, 4.69) is 49.4 Å². The Kier molecular flexibility index (Phi) is 4.83. The third-order valence-corrected chi connectivity index (χ3v) is 4.12. The van der Waals surface area contributed by atoms with Gasteiger partial charge in [-0.15, -0.1) is 0 Å². The van der Waals surface area contributed by atoms with E-state index in [0.717, 1.165) is 12.3 Å². The Bertz CT molecular complexity index is 409. The molecule has 1 aromatic rings. The molecule has 0 amide bonds. The van der Waals surface area contributed by atoms with E-state index in [4.69, 9.17) is 4.74 Å². The second kappa shape index (κ2) is 6.40. The summed E-state index contributed by atoms with van der Waals surface area (Å²) in [5.41, 5.74) is 6.10. The Balaban J connectivity index is 1.96. The van der Waals surface area contributed by atoms with Crippen LogP contribution in [0.1, 0.15) is 44.2 Å². The van der Waals surface area contributed by atoms with Crippen LogP contribution in [0.15, 0.2) is 18.2 Å². The molecule has 1 fully saturated rings. The van der Waals surface area contributed by atoms with Crippen LogP contribution in [0.25, 0.3) is 0 Å². The first-order valence-electron chi connectivity index (χ1n) is 7.27. The van der Waals surface area contributed by atoms with E-state index in [1.165, 1.54) is 30.4 Å². The first-order chi connectivity index (χ1) is 9.11. The Morgan fingerprint density at radius 1 is 1.26 bits per heavy atom. The fourth-order valence-electron chi connectivity index (χ4n) is 2.97. The Labute approximate surface area is 116 Å². The zero-order chi connectivity index (χ0) is 13.8. The molecule has 1 aromatic carbocycles. The molecule has 0 saturated carbocycles. The maximum Gasteiger partial charge on any atom is 0.121 e. The van der Waals surface area contributed by atoms with Gasteiger partial charge in [-0.2, -0.15) is 0 Å². The third kappa shape index (κ3) is 3.48. The van der Waals surface area contributed by atoms with Crippen LogP contribution in [0, 0.1) is 6.92 Å². The highest BCUT2D eigenvalue weighted by Gasteiger charge is 2.24. The van der Waals surface area contributed by atoms with E-state index < -0.39 is 0 Å². The second-order valence-corrected chi connectivity index (χ2v) is 5.68. The smallest absolute Gasteiger partial charge is 0.121 e. The Morgan fingerprint density at radius 3 is 2.53 bits per heavy atom. The summed E-state index contributed by atoms with van der Waals surface area (Å²) >= 11 is 0. The van der Waals surface area contributed by atoms with Crippen LogP contribution in [0.5, 0.6) is 5.75 Å². The summed E-state index contributed by atoms with van der Waals surface area (Å²) in [4.78, 5) is 0. The lowest BCUT2D eigenvalue weighted by atomic mass is 10.00. The fraction of sp³-hybridized carbons (Fsp3) is 0.625. The fourth-order valence-corrected chi connectivity index (χ4v) is 2.97. The maximum atomic E-state index is 5.30. The van der Waals surface area contributed by atoms with Crippen LogP contribution in [0.4, 0.5) is 0 Å². The first-order valence-corrected chi connectivity index (χ1v) is 7.27. The lowest BCUT2D eigenvalue weighted by Gasteiger charge is -2.39. The minimum atomic E-state index is 0.628. The van der Waals surface area contributed by atoms with Crippen molar-refractivity contribution in [3.8, 4) is 5.75 Å². The van der Waals surface area contributed by atoms with Crippen molar-refractivity contribution in [1.82, 2.24) is 10.4 Å². The number of hydrazine groups is 1. The molecule has 0 radical (unpaired) electrons. The van der Waals surface area contributed by atoms with E-state index in [0.29, 0.717) is 12.1 Å². The van der Waals surface area contributed by atoms with E-state index in [-0.39, 0.29) is 0 Å². The molecule has 3 nitrogen and oxygen atoms in total. The normalized spacial score (nSPS) is 24.4. The van der Waals surface area contributed by atoms with Crippen LogP contribution in [0.2, 0.25) is 0 Å². The number of nitrogens with one attached hydrogen (secondary N) is 1. The van der Waals surface area contributed by atoms with Gasteiger partial charge < -0.3 is 4.74 Å². The molecule has 1 saturated heterocycles. The summed E-state index contributed by atoms with van der Waals surface area (Å²) in [7, 11) is 1.72. The SMILES string of the molecule is COc1ccc(CNN2C(C)CCCC2C)cc1C. The lowest BCUT2D eigenvalue weighted by molar-refractivity contribution is 0.0435. The summed E-state index contributed by atoms with van der Waals surface area (Å²) in [5, 5.41) is 2.42. The van der Waals surface area contributed by atoms with Crippen LogP contribution < -0.4 is 10.2 Å². The summed E-state index contributed by atoms with van der Waals surface area (Å²) in [6.07, 6.45) is 3.93. The number of ether oxygens (including phenoxy) is 1. The first kappa shape index (κ1) is 14.4. The molecule has 2 rings (SSSR count). The monoisotopic (exact) mass is 262 g/mol. The van der Waals surface area contributed by atoms with E-state index in [9.17, 15) is 0 Å². The molecule has 19 heavy (non-hydrogen) atoms. The van der Waals surface area contributed by atoms with E-state index >= 15 is 0 Å². The molecule has 1 heterocycles. The van der Waals surface area contributed by atoms with Gasteiger partial charge in [-0.25, -0.2) is 5.01 Å². The van der Waals surface area contributed by atoms with Crippen LogP contribution in [0.3, 0.4) is 0 Å². The van der Waals surface area contributed by atoms with E-state index in [1.807, 2.05) is 0 Å². The number of nitrogens with zero attached hydrogens (tertiary/aromatic N) is 1. The van der Waals surface area contributed by atoms with Crippen molar-refractivity contribution >= 4 is 0 Å². The molecule has 2 atom stereocenters. The van der Waals surface area contributed by atoms with Gasteiger partial charge in [-0.1, -0.05) is 18.6 Å². The highest BCUT2D eigenvalue weighted by atomic mass is 16.5. The van der Waals surface area contributed by atoms with Crippen molar-refractivity contribution in [2.45, 2.75) is 58.7 Å². The molecule has 1 aliphatic heterocycles. The summed E-state index contributed by atoms with van der Waals surface area (Å²) in [5.74, 6) is 0.962. The predicted molar refractivity (Wildman–Crippen MR) is 79.2 cm³/mol. The summed E-state index contributed by atoms with van der Waals surface area (Å²) < 4.78 is 5.30. The summed E-state index contributed by atoms with van der Waals surface area (Å²) in [6.45, 7) is 7.60. The minimum absolute atomic E-state index is 0.628. The molecule has 2 unspecified atom stereocenters. The maximum absolute atomic E-state index is 5.30. The van der Waals surface area contributed by atoms with Gasteiger partial charge in [0, 0.05) is 18.6 Å². The van der Waals surface area contributed by atoms with Gasteiger partial charge in [0.25, 0.3) is 0 Å². The quantitative estimate of drug-likeness (QED) is 0.901. The Morgan fingerprint density at radius 2 is 1.95 bits per heavy atom. The zero-order valence-electron chi connectivity index (χ0n) is 12.6. The minimum Gasteiger partial charge on any atom is -0.496 e. The molecule has 1 aliphatic rings. The van der Waals surface area contributed by atoms with E-state index in [1.54, 1.807) is 7.11 Å². The lowest BCUT2D eigenvalue weighted by Crippen LogP contribution is -2.51. The molecular formula is C16H26N2O. The number of piperidine rings is 1.